The van der Waals surface area contributed by atoms with Crippen molar-refractivity contribution in [1.29, 1.82) is 0 Å². The first-order valence-electron chi connectivity index (χ1n) is 8.29. The van der Waals surface area contributed by atoms with E-state index in [4.69, 9.17) is 13.9 Å². The molecule has 1 atom stereocenters. The zero-order valence-electron chi connectivity index (χ0n) is 14.6. The Bertz CT molecular complexity index is 826. The SMILES string of the molecule is CCOc1ccccc1[C@H]1NC(=O)NC(C)=C1C(=O)OCc1ccco1. The number of nitrogens with one attached hydrogen (secondary N) is 2. The van der Waals surface area contributed by atoms with Crippen molar-refractivity contribution in [2.75, 3.05) is 6.61 Å². The minimum atomic E-state index is -0.671. The van der Waals surface area contributed by atoms with Crippen molar-refractivity contribution in [2.45, 2.75) is 26.5 Å². The van der Waals surface area contributed by atoms with Gasteiger partial charge in [-0.05, 0) is 32.0 Å². The molecular formula is C19H20N2O5. The lowest BCUT2D eigenvalue weighted by atomic mass is 9.95. The summed E-state index contributed by atoms with van der Waals surface area (Å²) in [4.78, 5) is 24.7. The van der Waals surface area contributed by atoms with Crippen LogP contribution in [0.5, 0.6) is 5.75 Å². The molecule has 2 amide bonds. The van der Waals surface area contributed by atoms with Gasteiger partial charge in [-0.1, -0.05) is 18.2 Å². The summed E-state index contributed by atoms with van der Waals surface area (Å²) in [6.45, 7) is 4.02. The van der Waals surface area contributed by atoms with E-state index in [-0.39, 0.29) is 12.6 Å². The molecule has 136 valence electrons. The fraction of sp³-hybridized carbons (Fsp3) is 0.263. The molecule has 2 N–H and O–H groups in total. The maximum atomic E-state index is 12.7. The second-order valence-corrected chi connectivity index (χ2v) is 5.70. The van der Waals surface area contributed by atoms with E-state index in [1.165, 1.54) is 6.26 Å². The Labute approximate surface area is 151 Å². The molecule has 7 heteroatoms. The number of urea groups is 1. The Balaban J connectivity index is 1.90. The highest BCUT2D eigenvalue weighted by atomic mass is 16.5. The monoisotopic (exact) mass is 356 g/mol. The molecule has 0 fully saturated rings. The number of hydrogen-bond donors (Lipinski definition) is 2. The number of rotatable bonds is 6. The van der Waals surface area contributed by atoms with Crippen LogP contribution < -0.4 is 15.4 Å². The zero-order chi connectivity index (χ0) is 18.5. The lowest BCUT2D eigenvalue weighted by Gasteiger charge is -2.29. The number of esters is 1. The van der Waals surface area contributed by atoms with Crippen molar-refractivity contribution in [1.82, 2.24) is 10.6 Å². The number of hydrogen-bond acceptors (Lipinski definition) is 5. The molecule has 0 saturated heterocycles. The first kappa shape index (κ1) is 17.6. The third-order valence-electron chi connectivity index (χ3n) is 3.94. The Morgan fingerprint density at radius 1 is 1.23 bits per heavy atom. The molecule has 26 heavy (non-hydrogen) atoms. The van der Waals surface area contributed by atoms with E-state index in [2.05, 4.69) is 10.6 Å². The predicted molar refractivity (Wildman–Crippen MR) is 93.2 cm³/mol. The summed E-state index contributed by atoms with van der Waals surface area (Å²) < 4.78 is 16.2. The largest absolute Gasteiger partial charge is 0.494 e. The summed E-state index contributed by atoms with van der Waals surface area (Å²) in [7, 11) is 0. The summed E-state index contributed by atoms with van der Waals surface area (Å²) in [5.74, 6) is 0.602. The molecule has 0 saturated carbocycles. The Kier molecular flexibility index (Phi) is 5.26. The Morgan fingerprint density at radius 2 is 2.04 bits per heavy atom. The van der Waals surface area contributed by atoms with Gasteiger partial charge in [-0.15, -0.1) is 0 Å². The molecule has 1 aromatic carbocycles. The smallest absolute Gasteiger partial charge is 0.338 e. The van der Waals surface area contributed by atoms with Crippen LogP contribution in [0.15, 0.2) is 58.3 Å². The number of furan rings is 1. The number of para-hydroxylation sites is 1. The van der Waals surface area contributed by atoms with Gasteiger partial charge in [-0.3, -0.25) is 0 Å². The lowest BCUT2D eigenvalue weighted by molar-refractivity contribution is -0.141. The molecule has 0 radical (unpaired) electrons. The van der Waals surface area contributed by atoms with Crippen LogP contribution in [-0.4, -0.2) is 18.6 Å². The van der Waals surface area contributed by atoms with Crippen LogP contribution in [0.2, 0.25) is 0 Å². The lowest BCUT2D eigenvalue weighted by Crippen LogP contribution is -2.45. The van der Waals surface area contributed by atoms with Crippen molar-refractivity contribution >= 4 is 12.0 Å². The Morgan fingerprint density at radius 3 is 2.77 bits per heavy atom. The van der Waals surface area contributed by atoms with E-state index in [1.807, 2.05) is 25.1 Å². The van der Waals surface area contributed by atoms with E-state index < -0.39 is 12.0 Å². The third kappa shape index (κ3) is 3.72. The second-order valence-electron chi connectivity index (χ2n) is 5.70. The number of amides is 2. The van der Waals surface area contributed by atoms with Crippen molar-refractivity contribution in [3.05, 3.63) is 65.3 Å². The maximum absolute atomic E-state index is 12.7. The summed E-state index contributed by atoms with van der Waals surface area (Å²) in [6, 6.07) is 9.66. The van der Waals surface area contributed by atoms with Crippen LogP contribution >= 0.6 is 0 Å². The number of allylic oxidation sites excluding steroid dienone is 1. The van der Waals surface area contributed by atoms with Gasteiger partial charge >= 0.3 is 12.0 Å². The minimum Gasteiger partial charge on any atom is -0.494 e. The van der Waals surface area contributed by atoms with Gasteiger partial charge in [0.15, 0.2) is 0 Å². The normalized spacial score (nSPS) is 16.7. The van der Waals surface area contributed by atoms with Gasteiger partial charge in [0.1, 0.15) is 18.1 Å². The highest BCUT2D eigenvalue weighted by Gasteiger charge is 2.33. The van der Waals surface area contributed by atoms with E-state index >= 15 is 0 Å². The predicted octanol–water partition coefficient (Wildman–Crippen LogP) is 3.05. The summed E-state index contributed by atoms with van der Waals surface area (Å²) in [5, 5.41) is 5.39. The highest BCUT2D eigenvalue weighted by molar-refractivity contribution is 5.95. The van der Waals surface area contributed by atoms with E-state index in [0.717, 1.165) is 0 Å². The van der Waals surface area contributed by atoms with Gasteiger partial charge in [0.2, 0.25) is 0 Å². The molecule has 0 bridgehead atoms. The number of ether oxygens (including phenoxy) is 2. The average molecular weight is 356 g/mol. The van der Waals surface area contributed by atoms with Gasteiger partial charge in [0, 0.05) is 11.3 Å². The Hall–Kier alpha value is -3.22. The van der Waals surface area contributed by atoms with Crippen LogP contribution in [0, 0.1) is 0 Å². The van der Waals surface area contributed by atoms with Crippen LogP contribution in [-0.2, 0) is 16.1 Å². The quantitative estimate of drug-likeness (QED) is 0.777. The molecule has 2 aromatic rings. The fourth-order valence-corrected chi connectivity index (χ4v) is 2.81. The standard InChI is InChI=1S/C19H20N2O5/c1-3-24-15-9-5-4-8-14(15)17-16(12(2)20-19(23)21-17)18(22)26-11-13-7-6-10-25-13/h4-10,17H,3,11H2,1-2H3,(H2,20,21,23)/t17-/m1/s1. The molecule has 3 rings (SSSR count). The van der Waals surface area contributed by atoms with Gasteiger partial charge in [-0.25, -0.2) is 9.59 Å². The second kappa shape index (κ2) is 7.77. The fourth-order valence-electron chi connectivity index (χ4n) is 2.81. The third-order valence-corrected chi connectivity index (χ3v) is 3.94. The van der Waals surface area contributed by atoms with Crippen LogP contribution in [0.25, 0.3) is 0 Å². The highest BCUT2D eigenvalue weighted by Crippen LogP contribution is 2.33. The van der Waals surface area contributed by atoms with E-state index in [0.29, 0.717) is 35.0 Å². The zero-order valence-corrected chi connectivity index (χ0v) is 14.6. The van der Waals surface area contributed by atoms with Crippen molar-refractivity contribution in [3.63, 3.8) is 0 Å². The van der Waals surface area contributed by atoms with Gasteiger partial charge < -0.3 is 24.5 Å². The number of carbonyl (C=O) groups excluding carboxylic acids is 2. The van der Waals surface area contributed by atoms with Gasteiger partial charge in [-0.2, -0.15) is 0 Å². The molecule has 2 heterocycles. The van der Waals surface area contributed by atoms with Crippen molar-refractivity contribution in [3.8, 4) is 5.75 Å². The van der Waals surface area contributed by atoms with Crippen LogP contribution in [0.3, 0.4) is 0 Å². The molecular weight excluding hydrogens is 336 g/mol. The van der Waals surface area contributed by atoms with Crippen molar-refractivity contribution < 1.29 is 23.5 Å². The maximum Gasteiger partial charge on any atom is 0.338 e. The van der Waals surface area contributed by atoms with Crippen molar-refractivity contribution in [2.24, 2.45) is 0 Å². The topological polar surface area (TPSA) is 89.8 Å². The van der Waals surface area contributed by atoms with Gasteiger partial charge in [0.25, 0.3) is 0 Å². The van der Waals surface area contributed by atoms with Crippen LogP contribution in [0.1, 0.15) is 31.2 Å². The number of carbonyl (C=O) groups is 2. The minimum absolute atomic E-state index is 0.0103. The average Bonchev–Trinajstić information content (AvgIpc) is 3.13. The summed E-state index contributed by atoms with van der Waals surface area (Å²) in [6.07, 6.45) is 1.51. The molecule has 1 aliphatic rings. The first-order chi connectivity index (χ1) is 12.6. The molecule has 1 aromatic heterocycles. The molecule has 1 aliphatic heterocycles. The first-order valence-corrected chi connectivity index (χ1v) is 8.29. The number of benzene rings is 1. The van der Waals surface area contributed by atoms with E-state index in [1.54, 1.807) is 25.1 Å². The van der Waals surface area contributed by atoms with Gasteiger partial charge in [0.05, 0.1) is 24.5 Å². The molecule has 0 aliphatic carbocycles. The van der Waals surface area contributed by atoms with Crippen LogP contribution in [0.4, 0.5) is 4.79 Å². The molecule has 7 nitrogen and oxygen atoms in total. The molecule has 0 unspecified atom stereocenters. The summed E-state index contributed by atoms with van der Waals surface area (Å²) in [5.41, 5.74) is 1.45. The molecule has 0 spiro atoms. The summed E-state index contributed by atoms with van der Waals surface area (Å²) >= 11 is 0. The van der Waals surface area contributed by atoms with E-state index in [9.17, 15) is 9.59 Å².